The molecule has 1 N–H and O–H groups in total. The number of hydrogen-bond donors (Lipinski definition) is 1. The quantitative estimate of drug-likeness (QED) is 0.817. The molecule has 4 bridgehead atoms. The number of halogens is 1. The maximum Gasteiger partial charge on any atom is 0.231 e. The Kier molecular flexibility index (Phi) is 3.32. The zero-order chi connectivity index (χ0) is 16.4. The smallest absolute Gasteiger partial charge is 0.231 e. The molecule has 5 saturated carbocycles. The van der Waals surface area contributed by atoms with Crippen molar-refractivity contribution in [3.05, 3.63) is 12.3 Å². The summed E-state index contributed by atoms with van der Waals surface area (Å²) in [6.07, 6.45) is 13.1. The summed E-state index contributed by atoms with van der Waals surface area (Å²) in [7, 11) is 0. The van der Waals surface area contributed by atoms with E-state index in [0.29, 0.717) is 17.9 Å². The molecule has 5 aliphatic rings. The summed E-state index contributed by atoms with van der Waals surface area (Å²) in [4.78, 5) is 13.1. The molecular formula is C19H26ClN3O. The van der Waals surface area contributed by atoms with Gasteiger partial charge in [-0.3, -0.25) is 4.79 Å². The molecule has 0 spiro atoms. The Hall–Kier alpha value is -1.03. The van der Waals surface area contributed by atoms with E-state index in [1.54, 1.807) is 0 Å². The number of amides is 1. The van der Waals surface area contributed by atoms with E-state index in [2.05, 4.69) is 10.4 Å². The Morgan fingerprint density at radius 3 is 2.58 bits per heavy atom. The number of aromatic nitrogens is 2. The molecule has 0 aromatic carbocycles. The van der Waals surface area contributed by atoms with Crippen LogP contribution in [0.2, 0.25) is 0 Å². The van der Waals surface area contributed by atoms with Crippen LogP contribution in [0.1, 0.15) is 70.3 Å². The third-order valence-electron chi connectivity index (χ3n) is 7.05. The van der Waals surface area contributed by atoms with E-state index < -0.39 is 0 Å². The topological polar surface area (TPSA) is 46.9 Å². The van der Waals surface area contributed by atoms with E-state index in [-0.39, 0.29) is 16.2 Å². The maximum absolute atomic E-state index is 13.3. The largest absolute Gasteiger partial charge is 0.310 e. The highest BCUT2D eigenvalue weighted by Gasteiger charge is 2.60. The zero-order valence-corrected chi connectivity index (χ0v) is 14.9. The molecule has 2 unspecified atom stereocenters. The molecule has 5 fully saturated rings. The molecule has 0 radical (unpaired) electrons. The van der Waals surface area contributed by atoms with Crippen LogP contribution in [0.15, 0.2) is 12.3 Å². The molecule has 5 aliphatic carbocycles. The van der Waals surface area contributed by atoms with Gasteiger partial charge in [-0.2, -0.15) is 5.10 Å². The summed E-state index contributed by atoms with van der Waals surface area (Å²) in [5.41, 5.74) is -0.239. The average molecular weight is 348 g/mol. The Morgan fingerprint density at radius 2 is 1.92 bits per heavy atom. The SMILES string of the molecule is O=C(Nc1ccnn1C1CCCC1)C12CC3CC(CC(Cl)(C3)C1)C2. The Bertz CT molecular complexity index is 649. The first-order valence-corrected chi connectivity index (χ1v) is 9.97. The van der Waals surface area contributed by atoms with Gasteiger partial charge in [0.2, 0.25) is 5.91 Å². The van der Waals surface area contributed by atoms with Crippen molar-refractivity contribution < 1.29 is 4.79 Å². The van der Waals surface area contributed by atoms with Gasteiger partial charge in [0.15, 0.2) is 0 Å². The van der Waals surface area contributed by atoms with Gasteiger partial charge in [-0.1, -0.05) is 12.8 Å². The average Bonchev–Trinajstić information content (AvgIpc) is 3.14. The van der Waals surface area contributed by atoms with Gasteiger partial charge >= 0.3 is 0 Å². The molecule has 1 heterocycles. The van der Waals surface area contributed by atoms with E-state index in [1.165, 1.54) is 32.1 Å². The van der Waals surface area contributed by atoms with Gasteiger partial charge < -0.3 is 5.32 Å². The zero-order valence-electron chi connectivity index (χ0n) is 14.1. The van der Waals surface area contributed by atoms with Gasteiger partial charge in [0, 0.05) is 10.9 Å². The summed E-state index contributed by atoms with van der Waals surface area (Å²) in [6.45, 7) is 0. The Balaban J connectivity index is 1.39. The van der Waals surface area contributed by atoms with Crippen LogP contribution >= 0.6 is 11.6 Å². The van der Waals surface area contributed by atoms with Gasteiger partial charge in [0.05, 0.1) is 17.7 Å². The van der Waals surface area contributed by atoms with E-state index in [0.717, 1.165) is 37.9 Å². The fraction of sp³-hybridized carbons (Fsp3) is 0.789. The first kappa shape index (κ1) is 15.2. The number of rotatable bonds is 3. The van der Waals surface area contributed by atoms with Gasteiger partial charge in [-0.05, 0) is 63.2 Å². The summed E-state index contributed by atoms with van der Waals surface area (Å²) >= 11 is 6.88. The third-order valence-corrected chi connectivity index (χ3v) is 7.50. The van der Waals surface area contributed by atoms with E-state index in [1.807, 2.05) is 16.9 Å². The summed E-state index contributed by atoms with van der Waals surface area (Å²) in [5.74, 6) is 2.37. The molecule has 6 rings (SSSR count). The highest BCUT2D eigenvalue weighted by Crippen LogP contribution is 2.64. The van der Waals surface area contributed by atoms with Crippen molar-refractivity contribution in [3.8, 4) is 0 Å². The lowest BCUT2D eigenvalue weighted by molar-refractivity contribution is -0.138. The number of carbonyl (C=O) groups is 1. The summed E-state index contributed by atoms with van der Waals surface area (Å²) in [5, 5.41) is 7.73. The van der Waals surface area contributed by atoms with Crippen molar-refractivity contribution in [2.75, 3.05) is 5.32 Å². The van der Waals surface area contributed by atoms with Crippen molar-refractivity contribution in [1.29, 1.82) is 0 Å². The van der Waals surface area contributed by atoms with E-state index >= 15 is 0 Å². The lowest BCUT2D eigenvalue weighted by atomic mass is 9.49. The minimum atomic E-state index is -0.239. The van der Waals surface area contributed by atoms with Crippen LogP contribution in [0.5, 0.6) is 0 Å². The van der Waals surface area contributed by atoms with Gasteiger partial charge in [0.25, 0.3) is 0 Å². The fourth-order valence-corrected chi connectivity index (χ4v) is 7.21. The molecule has 4 nitrogen and oxygen atoms in total. The highest BCUT2D eigenvalue weighted by molar-refractivity contribution is 6.24. The normalized spacial score (nSPS) is 41.0. The second kappa shape index (κ2) is 5.23. The number of carbonyl (C=O) groups excluding carboxylic acids is 1. The number of nitrogens with zero attached hydrogens (tertiary/aromatic N) is 2. The van der Waals surface area contributed by atoms with E-state index in [9.17, 15) is 4.79 Å². The molecular weight excluding hydrogens is 322 g/mol. The Labute approximate surface area is 148 Å². The number of anilines is 1. The standard InChI is InChI=1S/C19H26ClN3O/c20-19-10-13-7-14(11-19)9-18(8-13,12-19)17(24)22-16-5-6-21-23(16)15-3-1-2-4-15/h5-6,13-15H,1-4,7-12H2,(H,22,24). The highest BCUT2D eigenvalue weighted by atomic mass is 35.5. The lowest BCUT2D eigenvalue weighted by Crippen LogP contribution is -2.57. The molecule has 24 heavy (non-hydrogen) atoms. The van der Waals surface area contributed by atoms with Crippen molar-refractivity contribution in [3.63, 3.8) is 0 Å². The molecule has 5 heteroatoms. The van der Waals surface area contributed by atoms with E-state index in [4.69, 9.17) is 11.6 Å². The first-order chi connectivity index (χ1) is 11.6. The van der Waals surface area contributed by atoms with Crippen LogP contribution in [0.3, 0.4) is 0 Å². The molecule has 0 aliphatic heterocycles. The van der Waals surface area contributed by atoms with Gasteiger partial charge in [0.1, 0.15) is 5.82 Å². The van der Waals surface area contributed by atoms with Gasteiger partial charge in [-0.25, -0.2) is 4.68 Å². The second-order valence-corrected chi connectivity index (χ2v) is 9.75. The van der Waals surface area contributed by atoms with Gasteiger partial charge in [-0.15, -0.1) is 11.6 Å². The lowest BCUT2D eigenvalue weighted by Gasteiger charge is -2.59. The van der Waals surface area contributed by atoms with Crippen LogP contribution in [0, 0.1) is 17.3 Å². The fourth-order valence-electron chi connectivity index (χ4n) is 6.52. The first-order valence-electron chi connectivity index (χ1n) is 9.59. The molecule has 1 aromatic rings. The predicted molar refractivity (Wildman–Crippen MR) is 94.1 cm³/mol. The van der Waals surface area contributed by atoms with Crippen molar-refractivity contribution in [2.45, 2.75) is 75.1 Å². The van der Waals surface area contributed by atoms with Crippen molar-refractivity contribution in [1.82, 2.24) is 9.78 Å². The van der Waals surface area contributed by atoms with Crippen LogP contribution in [-0.4, -0.2) is 20.6 Å². The van der Waals surface area contributed by atoms with Crippen molar-refractivity contribution in [2.24, 2.45) is 17.3 Å². The Morgan fingerprint density at radius 1 is 1.21 bits per heavy atom. The van der Waals surface area contributed by atoms with Crippen LogP contribution in [0.25, 0.3) is 0 Å². The minimum Gasteiger partial charge on any atom is -0.310 e. The third kappa shape index (κ3) is 2.33. The summed E-state index contributed by atoms with van der Waals surface area (Å²) in [6, 6.07) is 2.40. The monoisotopic (exact) mass is 347 g/mol. The molecule has 2 atom stereocenters. The number of alkyl halides is 1. The van der Waals surface area contributed by atoms with Crippen LogP contribution in [-0.2, 0) is 4.79 Å². The molecule has 1 aromatic heterocycles. The predicted octanol–water partition coefficient (Wildman–Crippen LogP) is 4.51. The van der Waals surface area contributed by atoms with Crippen LogP contribution < -0.4 is 5.32 Å². The second-order valence-electron chi connectivity index (χ2n) is 8.95. The molecule has 0 saturated heterocycles. The summed E-state index contributed by atoms with van der Waals surface area (Å²) < 4.78 is 2.04. The number of hydrogen-bond acceptors (Lipinski definition) is 2. The minimum absolute atomic E-state index is 0.118. The molecule has 130 valence electrons. The number of nitrogens with one attached hydrogen (secondary N) is 1. The van der Waals surface area contributed by atoms with Crippen LogP contribution in [0.4, 0.5) is 5.82 Å². The maximum atomic E-state index is 13.3. The molecule has 1 amide bonds. The van der Waals surface area contributed by atoms with Crippen molar-refractivity contribution >= 4 is 23.3 Å².